The van der Waals surface area contributed by atoms with Gasteiger partial charge >= 0.3 is 0 Å². The van der Waals surface area contributed by atoms with E-state index in [1.807, 2.05) is 0 Å². The van der Waals surface area contributed by atoms with Crippen LogP contribution in [0, 0.1) is 0 Å². The number of benzene rings is 1. The largest absolute Gasteiger partial charge is 0.322 e. The third-order valence-electron chi connectivity index (χ3n) is 5.26. The molecule has 1 saturated carbocycles. The van der Waals surface area contributed by atoms with E-state index < -0.39 is 9.84 Å². The summed E-state index contributed by atoms with van der Waals surface area (Å²) in [5.74, 6) is -0.231. The Morgan fingerprint density at radius 3 is 2.79 bits per heavy atom. The van der Waals surface area contributed by atoms with Gasteiger partial charge in [0.25, 0.3) is 5.91 Å². The van der Waals surface area contributed by atoms with Crippen LogP contribution in [0.15, 0.2) is 55.0 Å². The number of hydrogen-bond donors (Lipinski definition) is 1. The first-order valence-corrected chi connectivity index (χ1v) is 11.3. The Bertz CT molecular complexity index is 1100. The number of amides is 1. The number of pyridine rings is 1. The maximum Gasteiger partial charge on any atom is 0.257 e. The number of fused-ring (bicyclic) bond motifs is 1. The summed E-state index contributed by atoms with van der Waals surface area (Å²) in [6.07, 6.45) is 9.79. The lowest BCUT2D eigenvalue weighted by Gasteiger charge is -2.21. The second-order valence-corrected chi connectivity index (χ2v) is 9.61. The number of anilines is 1. The molecule has 0 unspecified atom stereocenters. The normalized spacial score (nSPS) is 15.6. The highest BCUT2D eigenvalue weighted by molar-refractivity contribution is 7.91. The molecule has 3 aromatic rings. The summed E-state index contributed by atoms with van der Waals surface area (Å²) in [6.45, 7) is 0. The summed E-state index contributed by atoms with van der Waals surface area (Å²) in [5, 5.41) is 2.62. The number of rotatable bonds is 5. The van der Waals surface area contributed by atoms with E-state index in [4.69, 9.17) is 0 Å². The van der Waals surface area contributed by atoms with Gasteiger partial charge in [0, 0.05) is 24.3 Å². The summed E-state index contributed by atoms with van der Waals surface area (Å²) in [4.78, 5) is 16.7. The first-order valence-electron chi connectivity index (χ1n) is 9.56. The van der Waals surface area contributed by atoms with Crippen LogP contribution in [0.2, 0.25) is 0 Å². The number of nitrogens with one attached hydrogen (secondary N) is 1. The lowest BCUT2D eigenvalue weighted by molar-refractivity contribution is 0.102. The minimum Gasteiger partial charge on any atom is -0.322 e. The maximum absolute atomic E-state index is 12.7. The zero-order valence-electron chi connectivity index (χ0n) is 15.5. The number of nitrogens with zero attached hydrogens (tertiary/aromatic N) is 2. The molecule has 2 aromatic heterocycles. The Labute approximate surface area is 164 Å². The van der Waals surface area contributed by atoms with Gasteiger partial charge in [0.15, 0.2) is 9.84 Å². The van der Waals surface area contributed by atoms with E-state index in [0.29, 0.717) is 16.8 Å². The van der Waals surface area contributed by atoms with Crippen LogP contribution < -0.4 is 5.32 Å². The number of carbonyl (C=O) groups is 1. The first kappa shape index (κ1) is 18.7. The SMILES string of the molecule is O=C(Nc1cccc(CS(=O)(=O)C2CCCCC2)c1)c1ccc2nccn2c1. The molecular formula is C21H23N3O3S. The van der Waals surface area contributed by atoms with E-state index in [1.54, 1.807) is 59.4 Å². The van der Waals surface area contributed by atoms with Gasteiger partial charge in [-0.1, -0.05) is 31.4 Å². The molecule has 1 fully saturated rings. The number of imidazole rings is 1. The van der Waals surface area contributed by atoms with Gasteiger partial charge in [0.2, 0.25) is 0 Å². The Balaban J connectivity index is 1.48. The number of hydrogen-bond acceptors (Lipinski definition) is 4. The molecule has 1 amide bonds. The summed E-state index contributed by atoms with van der Waals surface area (Å²) < 4.78 is 27.2. The van der Waals surface area contributed by atoms with Crippen LogP contribution in [-0.4, -0.2) is 29.0 Å². The van der Waals surface area contributed by atoms with Gasteiger partial charge in [-0.25, -0.2) is 13.4 Å². The molecule has 2 heterocycles. The number of sulfone groups is 1. The van der Waals surface area contributed by atoms with E-state index in [2.05, 4.69) is 10.3 Å². The number of carbonyl (C=O) groups excluding carboxylic acids is 1. The molecule has 1 aromatic carbocycles. The first-order chi connectivity index (χ1) is 13.5. The topological polar surface area (TPSA) is 80.5 Å². The van der Waals surface area contributed by atoms with Crippen molar-refractivity contribution in [3.63, 3.8) is 0 Å². The van der Waals surface area contributed by atoms with Crippen molar-refractivity contribution in [3.8, 4) is 0 Å². The van der Waals surface area contributed by atoms with Gasteiger partial charge < -0.3 is 9.72 Å². The Hall–Kier alpha value is -2.67. The van der Waals surface area contributed by atoms with Crippen molar-refractivity contribution >= 4 is 27.1 Å². The van der Waals surface area contributed by atoms with Gasteiger partial charge in [0.1, 0.15) is 5.65 Å². The minimum atomic E-state index is -3.17. The molecule has 1 aliphatic carbocycles. The fourth-order valence-electron chi connectivity index (χ4n) is 3.77. The van der Waals surface area contributed by atoms with Crippen molar-refractivity contribution < 1.29 is 13.2 Å². The number of aromatic nitrogens is 2. The van der Waals surface area contributed by atoms with Crippen LogP contribution in [0.4, 0.5) is 5.69 Å². The molecule has 0 radical (unpaired) electrons. The molecule has 1 aliphatic rings. The zero-order valence-corrected chi connectivity index (χ0v) is 16.4. The van der Waals surface area contributed by atoms with Crippen LogP contribution in [0.5, 0.6) is 0 Å². The fourth-order valence-corrected chi connectivity index (χ4v) is 5.70. The maximum atomic E-state index is 12.7. The quantitative estimate of drug-likeness (QED) is 0.709. The predicted octanol–water partition coefficient (Wildman–Crippen LogP) is 3.83. The molecule has 0 aliphatic heterocycles. The molecule has 146 valence electrons. The average molecular weight is 398 g/mol. The fraction of sp³-hybridized carbons (Fsp3) is 0.333. The molecule has 1 N–H and O–H groups in total. The van der Waals surface area contributed by atoms with E-state index in [1.165, 1.54) is 0 Å². The summed E-state index contributed by atoms with van der Waals surface area (Å²) in [5.41, 5.74) is 2.57. The van der Waals surface area contributed by atoms with Crippen LogP contribution in [0.3, 0.4) is 0 Å². The van der Waals surface area contributed by atoms with E-state index >= 15 is 0 Å². The van der Waals surface area contributed by atoms with Gasteiger partial charge in [-0.2, -0.15) is 0 Å². The molecular weight excluding hydrogens is 374 g/mol. The summed E-state index contributed by atoms with van der Waals surface area (Å²) in [7, 11) is -3.17. The van der Waals surface area contributed by atoms with Crippen molar-refractivity contribution in [2.45, 2.75) is 43.1 Å². The van der Waals surface area contributed by atoms with Crippen LogP contribution in [0.25, 0.3) is 5.65 Å². The lowest BCUT2D eigenvalue weighted by Crippen LogP contribution is -2.25. The van der Waals surface area contributed by atoms with Crippen molar-refractivity contribution in [2.24, 2.45) is 0 Å². The Morgan fingerprint density at radius 2 is 1.96 bits per heavy atom. The van der Waals surface area contributed by atoms with Gasteiger partial charge in [-0.3, -0.25) is 4.79 Å². The van der Waals surface area contributed by atoms with E-state index in [-0.39, 0.29) is 16.9 Å². The molecule has 0 atom stereocenters. The zero-order chi connectivity index (χ0) is 19.6. The monoisotopic (exact) mass is 397 g/mol. The smallest absolute Gasteiger partial charge is 0.257 e. The Kier molecular flexibility index (Phi) is 5.17. The van der Waals surface area contributed by atoms with E-state index in [0.717, 1.165) is 37.8 Å². The van der Waals surface area contributed by atoms with Crippen molar-refractivity contribution in [2.75, 3.05) is 5.32 Å². The van der Waals surface area contributed by atoms with Gasteiger partial charge in [0.05, 0.1) is 16.6 Å². The lowest BCUT2D eigenvalue weighted by atomic mass is 10.0. The molecule has 28 heavy (non-hydrogen) atoms. The van der Waals surface area contributed by atoms with Crippen LogP contribution in [0.1, 0.15) is 48.0 Å². The third-order valence-corrected chi connectivity index (χ3v) is 7.49. The predicted molar refractivity (Wildman–Crippen MR) is 109 cm³/mol. The van der Waals surface area contributed by atoms with Crippen molar-refractivity contribution in [3.05, 3.63) is 66.1 Å². The molecule has 6 nitrogen and oxygen atoms in total. The van der Waals surface area contributed by atoms with Gasteiger partial charge in [-0.15, -0.1) is 0 Å². The summed E-state index contributed by atoms with van der Waals surface area (Å²) in [6, 6.07) is 10.6. The van der Waals surface area contributed by atoms with Crippen LogP contribution in [-0.2, 0) is 15.6 Å². The van der Waals surface area contributed by atoms with E-state index in [9.17, 15) is 13.2 Å². The molecule has 0 bridgehead atoms. The standard InChI is InChI=1S/C21H23N3O3S/c25-21(17-9-10-20-22-11-12-24(20)14-17)23-18-6-4-5-16(13-18)15-28(26,27)19-7-2-1-3-8-19/h4-6,9-14,19H,1-3,7-8,15H2,(H,23,25). The van der Waals surface area contributed by atoms with Gasteiger partial charge in [-0.05, 0) is 42.7 Å². The highest BCUT2D eigenvalue weighted by Crippen LogP contribution is 2.26. The highest BCUT2D eigenvalue weighted by Gasteiger charge is 2.27. The summed E-state index contributed by atoms with van der Waals surface area (Å²) >= 11 is 0. The highest BCUT2D eigenvalue weighted by atomic mass is 32.2. The molecule has 0 spiro atoms. The molecule has 4 rings (SSSR count). The molecule has 0 saturated heterocycles. The second kappa shape index (κ2) is 7.75. The average Bonchev–Trinajstić information content (AvgIpc) is 3.16. The second-order valence-electron chi connectivity index (χ2n) is 7.33. The van der Waals surface area contributed by atoms with Crippen LogP contribution >= 0.6 is 0 Å². The van der Waals surface area contributed by atoms with Crippen molar-refractivity contribution in [1.82, 2.24) is 9.38 Å². The molecule has 7 heteroatoms. The minimum absolute atomic E-state index is 0.0162. The third kappa shape index (κ3) is 4.09. The van der Waals surface area contributed by atoms with Crippen molar-refractivity contribution in [1.29, 1.82) is 0 Å². The Morgan fingerprint density at radius 1 is 1.14 bits per heavy atom.